The first-order valence-electron chi connectivity index (χ1n) is 6.58. The first-order valence-corrected chi connectivity index (χ1v) is 6.58. The van der Waals surface area contributed by atoms with Crippen LogP contribution in [0.5, 0.6) is 5.75 Å². The zero-order chi connectivity index (χ0) is 15.1. The number of hydrogen-bond donors (Lipinski definition) is 2. The van der Waals surface area contributed by atoms with Gasteiger partial charge in [-0.3, -0.25) is 4.99 Å². The van der Waals surface area contributed by atoms with Gasteiger partial charge in [-0.25, -0.2) is 0 Å². The molecule has 0 spiro atoms. The van der Waals surface area contributed by atoms with Crippen LogP contribution in [0.25, 0.3) is 0 Å². The van der Waals surface area contributed by atoms with Gasteiger partial charge in [0.2, 0.25) is 5.89 Å². The van der Waals surface area contributed by atoms with Gasteiger partial charge in [0.25, 0.3) is 0 Å². The van der Waals surface area contributed by atoms with Gasteiger partial charge in [-0.2, -0.15) is 4.98 Å². The van der Waals surface area contributed by atoms with E-state index in [1.165, 1.54) is 0 Å². The molecule has 0 aliphatic carbocycles. The lowest BCUT2D eigenvalue weighted by molar-refractivity contribution is 0.371. The maximum atomic E-state index is 5.31. The summed E-state index contributed by atoms with van der Waals surface area (Å²) in [5.41, 5.74) is 1.05. The van der Waals surface area contributed by atoms with E-state index < -0.39 is 0 Å². The summed E-state index contributed by atoms with van der Waals surface area (Å²) in [5.74, 6) is 2.63. The highest BCUT2D eigenvalue weighted by Gasteiger charge is 2.06. The Balaban J connectivity index is 1.88. The lowest BCUT2D eigenvalue weighted by Gasteiger charge is -2.12. The highest BCUT2D eigenvalue weighted by atomic mass is 16.5. The Morgan fingerprint density at radius 2 is 2.05 bits per heavy atom. The topological polar surface area (TPSA) is 84.6 Å². The molecule has 7 nitrogen and oxygen atoms in total. The highest BCUT2D eigenvalue weighted by molar-refractivity contribution is 5.79. The van der Waals surface area contributed by atoms with Gasteiger partial charge in [-0.05, 0) is 13.0 Å². The molecule has 1 aromatic carbocycles. The van der Waals surface area contributed by atoms with E-state index in [2.05, 4.69) is 25.8 Å². The number of guanidine groups is 1. The zero-order valence-corrected chi connectivity index (χ0v) is 12.4. The van der Waals surface area contributed by atoms with Crippen molar-refractivity contribution in [2.24, 2.45) is 4.99 Å². The monoisotopic (exact) mass is 289 g/mol. The molecule has 2 N–H and O–H groups in total. The predicted octanol–water partition coefficient (Wildman–Crippen LogP) is 1.25. The van der Waals surface area contributed by atoms with Gasteiger partial charge in [0.1, 0.15) is 5.75 Å². The van der Waals surface area contributed by atoms with Crippen LogP contribution in [0.15, 0.2) is 33.8 Å². The molecule has 0 saturated carbocycles. The first-order chi connectivity index (χ1) is 10.2. The van der Waals surface area contributed by atoms with Crippen LogP contribution in [-0.2, 0) is 13.1 Å². The van der Waals surface area contributed by atoms with E-state index in [9.17, 15) is 0 Å². The molecule has 1 heterocycles. The van der Waals surface area contributed by atoms with E-state index in [1.54, 1.807) is 21.1 Å². The molecule has 0 fully saturated rings. The van der Waals surface area contributed by atoms with Crippen molar-refractivity contribution in [1.82, 2.24) is 20.8 Å². The van der Waals surface area contributed by atoms with Crippen LogP contribution >= 0.6 is 0 Å². The van der Waals surface area contributed by atoms with Crippen LogP contribution in [0, 0.1) is 6.92 Å². The average molecular weight is 289 g/mol. The lowest BCUT2D eigenvalue weighted by atomic mass is 10.2. The molecule has 0 saturated heterocycles. The third-order valence-electron chi connectivity index (χ3n) is 2.84. The van der Waals surface area contributed by atoms with E-state index in [0.717, 1.165) is 11.3 Å². The molecular weight excluding hydrogens is 270 g/mol. The van der Waals surface area contributed by atoms with Gasteiger partial charge >= 0.3 is 0 Å². The second-order valence-corrected chi connectivity index (χ2v) is 4.33. The molecule has 112 valence electrons. The summed E-state index contributed by atoms with van der Waals surface area (Å²) in [6.45, 7) is 2.81. The van der Waals surface area contributed by atoms with Crippen molar-refractivity contribution in [2.75, 3.05) is 14.2 Å². The van der Waals surface area contributed by atoms with Gasteiger partial charge in [0.05, 0.1) is 13.7 Å². The van der Waals surface area contributed by atoms with E-state index in [1.807, 2.05) is 24.3 Å². The number of nitrogens with one attached hydrogen (secondary N) is 2. The molecule has 2 aromatic rings. The largest absolute Gasteiger partial charge is 0.496 e. The number of methoxy groups -OCH3 is 1. The SMILES string of the molecule is CN=C(NCc1nc(C)no1)NCc1ccccc1OC. The highest BCUT2D eigenvalue weighted by Crippen LogP contribution is 2.16. The third-order valence-corrected chi connectivity index (χ3v) is 2.84. The standard InChI is InChI=1S/C14H19N5O2/c1-10-18-13(21-19-10)9-17-14(15-2)16-8-11-6-4-5-7-12(11)20-3/h4-7H,8-9H2,1-3H3,(H2,15,16,17). The number of hydrogen-bond acceptors (Lipinski definition) is 5. The summed E-state index contributed by atoms with van der Waals surface area (Å²) in [6.07, 6.45) is 0. The smallest absolute Gasteiger partial charge is 0.246 e. The number of para-hydroxylation sites is 1. The molecule has 1 aromatic heterocycles. The van der Waals surface area contributed by atoms with Gasteiger partial charge in [-0.1, -0.05) is 23.4 Å². The van der Waals surface area contributed by atoms with Crippen molar-refractivity contribution in [3.8, 4) is 5.75 Å². The molecule has 0 bridgehead atoms. The number of ether oxygens (including phenoxy) is 1. The second-order valence-electron chi connectivity index (χ2n) is 4.33. The Bertz CT molecular complexity index is 609. The number of aryl methyl sites for hydroxylation is 1. The van der Waals surface area contributed by atoms with Crippen LogP contribution in [0.2, 0.25) is 0 Å². The van der Waals surface area contributed by atoms with Gasteiger partial charge < -0.3 is 19.9 Å². The van der Waals surface area contributed by atoms with Crippen molar-refractivity contribution >= 4 is 5.96 Å². The lowest BCUT2D eigenvalue weighted by Crippen LogP contribution is -2.36. The van der Waals surface area contributed by atoms with Crippen molar-refractivity contribution in [3.05, 3.63) is 41.5 Å². The Labute approximate surface area is 123 Å². The molecule has 0 amide bonds. The molecule has 0 radical (unpaired) electrons. The number of nitrogens with zero attached hydrogens (tertiary/aromatic N) is 3. The van der Waals surface area contributed by atoms with Crippen LogP contribution in [0.4, 0.5) is 0 Å². The van der Waals surface area contributed by atoms with Crippen molar-refractivity contribution in [3.63, 3.8) is 0 Å². The Kier molecular flexibility index (Phi) is 5.14. The number of aromatic nitrogens is 2. The van der Waals surface area contributed by atoms with E-state index in [4.69, 9.17) is 9.26 Å². The van der Waals surface area contributed by atoms with Crippen molar-refractivity contribution in [1.29, 1.82) is 0 Å². The normalized spacial score (nSPS) is 11.3. The van der Waals surface area contributed by atoms with Gasteiger partial charge in [0, 0.05) is 19.2 Å². The number of aliphatic imine (C=N–C) groups is 1. The predicted molar refractivity (Wildman–Crippen MR) is 79.1 cm³/mol. The van der Waals surface area contributed by atoms with E-state index >= 15 is 0 Å². The van der Waals surface area contributed by atoms with Gasteiger partial charge in [0.15, 0.2) is 11.8 Å². The summed E-state index contributed by atoms with van der Waals surface area (Å²) in [7, 11) is 3.36. The fourth-order valence-electron chi connectivity index (χ4n) is 1.82. The molecule has 0 atom stereocenters. The molecule has 0 aliphatic heterocycles. The van der Waals surface area contributed by atoms with Crippen LogP contribution in [0.1, 0.15) is 17.3 Å². The molecule has 2 rings (SSSR count). The average Bonchev–Trinajstić information content (AvgIpc) is 2.93. The minimum Gasteiger partial charge on any atom is -0.496 e. The van der Waals surface area contributed by atoms with E-state index in [-0.39, 0.29) is 0 Å². The summed E-state index contributed by atoms with van der Waals surface area (Å²) in [4.78, 5) is 8.26. The second kappa shape index (κ2) is 7.28. The first kappa shape index (κ1) is 14.8. The van der Waals surface area contributed by atoms with Gasteiger partial charge in [-0.15, -0.1) is 0 Å². The maximum Gasteiger partial charge on any atom is 0.246 e. The van der Waals surface area contributed by atoms with E-state index in [0.29, 0.717) is 30.8 Å². The Morgan fingerprint density at radius 3 is 2.71 bits per heavy atom. The number of benzene rings is 1. The number of rotatable bonds is 5. The fraction of sp³-hybridized carbons (Fsp3) is 0.357. The maximum absolute atomic E-state index is 5.31. The minimum atomic E-state index is 0.423. The summed E-state index contributed by atoms with van der Waals surface area (Å²) in [6, 6.07) is 7.83. The molecule has 0 unspecified atom stereocenters. The molecular formula is C14H19N5O2. The Morgan fingerprint density at radius 1 is 1.29 bits per heavy atom. The van der Waals surface area contributed by atoms with Crippen LogP contribution in [0.3, 0.4) is 0 Å². The van der Waals surface area contributed by atoms with Crippen molar-refractivity contribution < 1.29 is 9.26 Å². The minimum absolute atomic E-state index is 0.423. The van der Waals surface area contributed by atoms with Crippen LogP contribution in [-0.4, -0.2) is 30.3 Å². The van der Waals surface area contributed by atoms with Crippen LogP contribution < -0.4 is 15.4 Å². The summed E-state index contributed by atoms with van der Waals surface area (Å²) in [5, 5.41) is 10.0. The fourth-order valence-corrected chi connectivity index (χ4v) is 1.82. The quantitative estimate of drug-likeness (QED) is 0.636. The molecule has 0 aliphatic rings. The molecule has 21 heavy (non-hydrogen) atoms. The summed E-state index contributed by atoms with van der Waals surface area (Å²) < 4.78 is 10.3. The zero-order valence-electron chi connectivity index (χ0n) is 12.4. The summed E-state index contributed by atoms with van der Waals surface area (Å²) >= 11 is 0. The third kappa shape index (κ3) is 4.20. The molecule has 7 heteroatoms. The van der Waals surface area contributed by atoms with Crippen molar-refractivity contribution in [2.45, 2.75) is 20.0 Å². The Hall–Kier alpha value is -2.57.